The highest BCUT2D eigenvalue weighted by atomic mass is 35.5. The van der Waals surface area contributed by atoms with Gasteiger partial charge in [0.15, 0.2) is 0 Å². The predicted octanol–water partition coefficient (Wildman–Crippen LogP) is 3.62. The first-order valence-electron chi connectivity index (χ1n) is 5.60. The van der Waals surface area contributed by atoms with Crippen LogP contribution in [0.25, 0.3) is 0 Å². The Morgan fingerprint density at radius 3 is 2.68 bits per heavy atom. The number of hydrogen-bond acceptors (Lipinski definition) is 2. The molecule has 0 heterocycles. The van der Waals surface area contributed by atoms with Gasteiger partial charge in [-0.25, -0.2) is 4.39 Å². The second kappa shape index (κ2) is 5.28. The number of benzene rings is 2. The number of halogens is 2. The van der Waals surface area contributed by atoms with E-state index in [2.05, 4.69) is 5.32 Å². The second-order valence-corrected chi connectivity index (χ2v) is 4.56. The van der Waals surface area contributed by atoms with Crippen molar-refractivity contribution in [3.63, 3.8) is 0 Å². The van der Waals surface area contributed by atoms with E-state index in [9.17, 15) is 9.18 Å². The van der Waals surface area contributed by atoms with E-state index in [0.717, 1.165) is 5.56 Å². The zero-order chi connectivity index (χ0) is 14.0. The van der Waals surface area contributed by atoms with Gasteiger partial charge >= 0.3 is 0 Å². The summed E-state index contributed by atoms with van der Waals surface area (Å²) in [7, 11) is 0. The van der Waals surface area contributed by atoms with Crippen LogP contribution in [-0.2, 0) is 0 Å². The van der Waals surface area contributed by atoms with E-state index in [4.69, 9.17) is 17.3 Å². The fourth-order valence-electron chi connectivity index (χ4n) is 1.62. The number of rotatable bonds is 2. The zero-order valence-corrected chi connectivity index (χ0v) is 11.0. The van der Waals surface area contributed by atoms with Gasteiger partial charge in [-0.3, -0.25) is 4.79 Å². The fraction of sp³-hybridized carbons (Fsp3) is 0.0714. The maximum absolute atomic E-state index is 13.5. The molecule has 0 bridgehead atoms. The minimum atomic E-state index is -0.534. The Labute approximate surface area is 115 Å². The summed E-state index contributed by atoms with van der Waals surface area (Å²) in [6, 6.07) is 8.85. The van der Waals surface area contributed by atoms with Crippen molar-refractivity contribution >= 4 is 28.9 Å². The zero-order valence-electron chi connectivity index (χ0n) is 10.2. The molecule has 98 valence electrons. The molecule has 1 amide bonds. The maximum atomic E-state index is 13.5. The van der Waals surface area contributed by atoms with Crippen LogP contribution >= 0.6 is 11.6 Å². The topological polar surface area (TPSA) is 55.1 Å². The molecular formula is C14H12ClFN2O. The second-order valence-electron chi connectivity index (χ2n) is 4.16. The summed E-state index contributed by atoms with van der Waals surface area (Å²) in [5.74, 6) is -0.947. The first-order valence-corrected chi connectivity index (χ1v) is 5.97. The van der Waals surface area contributed by atoms with E-state index in [1.165, 1.54) is 18.2 Å². The minimum absolute atomic E-state index is 0.0533. The number of nitrogens with two attached hydrogens (primary N) is 1. The molecule has 0 aliphatic rings. The Balaban J connectivity index is 2.25. The Bertz CT molecular complexity index is 643. The first-order chi connectivity index (χ1) is 8.97. The number of carbonyl (C=O) groups is 1. The minimum Gasteiger partial charge on any atom is -0.399 e. The van der Waals surface area contributed by atoms with Gasteiger partial charge in [-0.05, 0) is 48.9 Å². The van der Waals surface area contributed by atoms with Gasteiger partial charge < -0.3 is 11.1 Å². The highest BCUT2D eigenvalue weighted by molar-refractivity contribution is 6.31. The van der Waals surface area contributed by atoms with Crippen molar-refractivity contribution in [2.75, 3.05) is 11.1 Å². The van der Waals surface area contributed by atoms with Gasteiger partial charge in [0.1, 0.15) is 5.82 Å². The van der Waals surface area contributed by atoms with Crippen LogP contribution in [0.4, 0.5) is 15.8 Å². The van der Waals surface area contributed by atoms with Gasteiger partial charge in [-0.2, -0.15) is 0 Å². The van der Waals surface area contributed by atoms with Gasteiger partial charge in [0.2, 0.25) is 0 Å². The third-order valence-electron chi connectivity index (χ3n) is 2.66. The lowest BCUT2D eigenvalue weighted by Gasteiger charge is -2.08. The van der Waals surface area contributed by atoms with Gasteiger partial charge in [0, 0.05) is 16.3 Å². The third kappa shape index (κ3) is 3.03. The van der Waals surface area contributed by atoms with Crippen molar-refractivity contribution < 1.29 is 9.18 Å². The molecule has 0 spiro atoms. The SMILES string of the molecule is Cc1cc(C(=O)Nc2cc(N)ccc2F)ccc1Cl. The summed E-state index contributed by atoms with van der Waals surface area (Å²) < 4.78 is 13.5. The lowest BCUT2D eigenvalue weighted by atomic mass is 10.1. The van der Waals surface area contributed by atoms with Crippen molar-refractivity contribution in [1.29, 1.82) is 0 Å². The van der Waals surface area contributed by atoms with Gasteiger partial charge in [0.05, 0.1) is 5.69 Å². The molecule has 0 saturated carbocycles. The molecule has 0 saturated heterocycles. The van der Waals surface area contributed by atoms with E-state index in [-0.39, 0.29) is 5.69 Å². The molecule has 2 aromatic carbocycles. The van der Waals surface area contributed by atoms with Crippen LogP contribution in [0, 0.1) is 12.7 Å². The van der Waals surface area contributed by atoms with Crippen LogP contribution in [0.15, 0.2) is 36.4 Å². The van der Waals surface area contributed by atoms with E-state index in [1.807, 2.05) is 0 Å². The van der Waals surface area contributed by atoms with Crippen molar-refractivity contribution in [3.8, 4) is 0 Å². The van der Waals surface area contributed by atoms with Crippen molar-refractivity contribution in [2.45, 2.75) is 6.92 Å². The molecule has 2 rings (SSSR count). The van der Waals surface area contributed by atoms with Crippen LogP contribution in [-0.4, -0.2) is 5.91 Å². The summed E-state index contributed by atoms with van der Waals surface area (Å²) in [4.78, 5) is 12.0. The first kappa shape index (κ1) is 13.4. The number of hydrogen-bond donors (Lipinski definition) is 2. The van der Waals surface area contributed by atoms with E-state index in [0.29, 0.717) is 16.3 Å². The predicted molar refractivity (Wildman–Crippen MR) is 75.0 cm³/mol. The Hall–Kier alpha value is -2.07. The number of nitrogens with one attached hydrogen (secondary N) is 1. The number of carbonyl (C=O) groups excluding carboxylic acids is 1. The third-order valence-corrected chi connectivity index (χ3v) is 3.08. The number of nitrogen functional groups attached to an aromatic ring is 1. The van der Waals surface area contributed by atoms with E-state index < -0.39 is 11.7 Å². The molecule has 2 aromatic rings. The number of amides is 1. The standard InChI is InChI=1S/C14H12ClFN2O/c1-8-6-9(2-4-11(8)15)14(19)18-13-7-10(17)3-5-12(13)16/h2-7H,17H2,1H3,(H,18,19). The monoisotopic (exact) mass is 278 g/mol. The quantitative estimate of drug-likeness (QED) is 0.824. The average Bonchev–Trinajstić information content (AvgIpc) is 2.37. The summed E-state index contributed by atoms with van der Waals surface area (Å²) in [5, 5.41) is 3.05. The van der Waals surface area contributed by atoms with Crippen LogP contribution in [0.3, 0.4) is 0 Å². The molecule has 0 atom stereocenters. The molecular weight excluding hydrogens is 267 g/mol. The highest BCUT2D eigenvalue weighted by Crippen LogP contribution is 2.20. The van der Waals surface area contributed by atoms with E-state index in [1.54, 1.807) is 25.1 Å². The lowest BCUT2D eigenvalue weighted by molar-refractivity contribution is 0.102. The molecule has 19 heavy (non-hydrogen) atoms. The molecule has 0 fully saturated rings. The maximum Gasteiger partial charge on any atom is 0.255 e. The Kier molecular flexibility index (Phi) is 3.71. The molecule has 0 radical (unpaired) electrons. The number of aryl methyl sites for hydroxylation is 1. The fourth-order valence-corrected chi connectivity index (χ4v) is 1.74. The Morgan fingerprint density at radius 2 is 2.00 bits per heavy atom. The smallest absolute Gasteiger partial charge is 0.255 e. The van der Waals surface area contributed by atoms with Gasteiger partial charge in [-0.1, -0.05) is 11.6 Å². The summed E-state index contributed by atoms with van der Waals surface area (Å²) >= 11 is 5.88. The largest absolute Gasteiger partial charge is 0.399 e. The molecule has 0 unspecified atom stereocenters. The van der Waals surface area contributed by atoms with Gasteiger partial charge in [-0.15, -0.1) is 0 Å². The normalized spacial score (nSPS) is 10.3. The highest BCUT2D eigenvalue weighted by Gasteiger charge is 2.10. The molecule has 0 aliphatic carbocycles. The van der Waals surface area contributed by atoms with Crippen molar-refractivity contribution in [3.05, 3.63) is 58.4 Å². The van der Waals surface area contributed by atoms with Crippen LogP contribution < -0.4 is 11.1 Å². The molecule has 3 N–H and O–H groups in total. The van der Waals surface area contributed by atoms with Crippen LogP contribution in [0.1, 0.15) is 15.9 Å². The lowest BCUT2D eigenvalue weighted by Crippen LogP contribution is -2.13. The molecule has 5 heteroatoms. The summed E-state index contributed by atoms with van der Waals surface area (Å²) in [6.07, 6.45) is 0. The molecule has 0 aromatic heterocycles. The molecule has 3 nitrogen and oxygen atoms in total. The summed E-state index contributed by atoms with van der Waals surface area (Å²) in [5.41, 5.74) is 7.17. The Morgan fingerprint density at radius 1 is 1.26 bits per heavy atom. The number of anilines is 2. The molecule has 0 aliphatic heterocycles. The van der Waals surface area contributed by atoms with E-state index >= 15 is 0 Å². The average molecular weight is 279 g/mol. The van der Waals surface area contributed by atoms with Crippen LogP contribution in [0.2, 0.25) is 5.02 Å². The van der Waals surface area contributed by atoms with Crippen molar-refractivity contribution in [2.24, 2.45) is 0 Å². The van der Waals surface area contributed by atoms with Gasteiger partial charge in [0.25, 0.3) is 5.91 Å². The summed E-state index contributed by atoms with van der Waals surface area (Å²) in [6.45, 7) is 1.79. The van der Waals surface area contributed by atoms with Crippen molar-refractivity contribution in [1.82, 2.24) is 0 Å². The van der Waals surface area contributed by atoms with Crippen LogP contribution in [0.5, 0.6) is 0 Å².